The van der Waals surface area contributed by atoms with Gasteiger partial charge in [0, 0.05) is 6.42 Å². The van der Waals surface area contributed by atoms with Gasteiger partial charge in [0.25, 0.3) is 0 Å². The number of hydrogen-bond donors (Lipinski definition) is 1. The van der Waals surface area contributed by atoms with Gasteiger partial charge in [0.15, 0.2) is 15.9 Å². The molecule has 0 heterocycles. The smallest absolute Gasteiger partial charge is 0.341 e. The Morgan fingerprint density at radius 1 is 0.964 bits per heavy atom. The minimum absolute atomic E-state index is 0.250. The molecule has 1 amide bonds. The van der Waals surface area contributed by atoms with Gasteiger partial charge in [0.2, 0.25) is 5.91 Å². The van der Waals surface area contributed by atoms with Gasteiger partial charge in [0.05, 0.1) is 10.1 Å². The lowest BCUT2D eigenvalue weighted by molar-refractivity contribution is -0.163. The molecule has 152 valence electrons. The number of carbonyl (C=O) groups excluding carboxylic acids is 1. The van der Waals surface area contributed by atoms with Crippen LogP contribution >= 0.6 is 0 Å². The molecular weight excluding hydrogens is 405 g/mol. The molecule has 0 saturated heterocycles. The number of carbonyl (C=O) groups is 1. The third-order valence-electron chi connectivity index (χ3n) is 3.98. The van der Waals surface area contributed by atoms with Gasteiger partial charge in [-0.05, 0) is 48.9 Å². The van der Waals surface area contributed by atoms with Crippen molar-refractivity contribution in [3.8, 4) is 0 Å². The number of sulfone groups is 1. The zero-order chi connectivity index (χ0) is 21.1. The standard InChI is InChI=1S/C18H16F5NO3S/c1-11(28(26,27)15-8-6-14(20)7-9-15)10-16(25)24-17(18(21,22)23)12-2-4-13(19)5-3-12/h2-9,11,17H,10H2,1H3,(H,24,25). The fraction of sp³-hybridized carbons (Fsp3) is 0.278. The SMILES string of the molecule is CC(CC(=O)NC(c1ccc(F)cc1)C(F)(F)F)S(=O)(=O)c1ccc(F)cc1. The molecule has 0 saturated carbocycles. The molecule has 0 fully saturated rings. The lowest BCUT2D eigenvalue weighted by Gasteiger charge is -2.23. The van der Waals surface area contributed by atoms with E-state index in [9.17, 15) is 35.2 Å². The maximum atomic E-state index is 13.3. The van der Waals surface area contributed by atoms with Crippen LogP contribution in [0, 0.1) is 11.6 Å². The van der Waals surface area contributed by atoms with Crippen LogP contribution in [0.2, 0.25) is 0 Å². The summed E-state index contributed by atoms with van der Waals surface area (Å²) in [4.78, 5) is 11.8. The first-order valence-corrected chi connectivity index (χ1v) is 9.57. The summed E-state index contributed by atoms with van der Waals surface area (Å²) >= 11 is 0. The molecule has 0 bridgehead atoms. The van der Waals surface area contributed by atoms with E-state index in [2.05, 4.69) is 0 Å². The van der Waals surface area contributed by atoms with E-state index in [-0.39, 0.29) is 4.90 Å². The van der Waals surface area contributed by atoms with Gasteiger partial charge in [0.1, 0.15) is 11.6 Å². The Bertz CT molecular complexity index is 925. The summed E-state index contributed by atoms with van der Waals surface area (Å²) < 4.78 is 90.5. The molecule has 0 aromatic heterocycles. The van der Waals surface area contributed by atoms with E-state index in [4.69, 9.17) is 0 Å². The fourth-order valence-corrected chi connectivity index (χ4v) is 3.81. The normalized spacial score (nSPS) is 14.4. The van der Waals surface area contributed by atoms with Gasteiger partial charge < -0.3 is 5.32 Å². The maximum Gasteiger partial charge on any atom is 0.412 e. The predicted octanol–water partition coefficient (Wildman–Crippen LogP) is 3.94. The Morgan fingerprint density at radius 3 is 1.89 bits per heavy atom. The first-order chi connectivity index (χ1) is 12.9. The minimum atomic E-state index is -4.87. The van der Waals surface area contributed by atoms with Crippen molar-refractivity contribution in [2.45, 2.75) is 35.7 Å². The van der Waals surface area contributed by atoms with Crippen LogP contribution in [0.1, 0.15) is 24.9 Å². The second-order valence-corrected chi connectivity index (χ2v) is 8.47. The zero-order valence-corrected chi connectivity index (χ0v) is 15.3. The van der Waals surface area contributed by atoms with Crippen LogP contribution in [0.4, 0.5) is 22.0 Å². The Morgan fingerprint density at radius 2 is 1.43 bits per heavy atom. The third-order valence-corrected chi connectivity index (χ3v) is 6.14. The van der Waals surface area contributed by atoms with E-state index >= 15 is 0 Å². The highest BCUT2D eigenvalue weighted by atomic mass is 32.2. The fourth-order valence-electron chi connectivity index (χ4n) is 2.46. The maximum absolute atomic E-state index is 13.3. The second-order valence-electron chi connectivity index (χ2n) is 6.11. The molecule has 2 aromatic carbocycles. The van der Waals surface area contributed by atoms with Crippen LogP contribution in [0.5, 0.6) is 0 Å². The lowest BCUT2D eigenvalue weighted by Crippen LogP contribution is -2.39. The highest BCUT2D eigenvalue weighted by molar-refractivity contribution is 7.92. The topological polar surface area (TPSA) is 63.2 Å². The molecule has 28 heavy (non-hydrogen) atoms. The number of alkyl halides is 3. The summed E-state index contributed by atoms with van der Waals surface area (Å²) in [5.41, 5.74) is -0.392. The van der Waals surface area contributed by atoms with Crippen LogP contribution in [0.15, 0.2) is 53.4 Å². The zero-order valence-electron chi connectivity index (χ0n) is 14.5. The Kier molecular flexibility index (Phi) is 6.43. The molecule has 2 aromatic rings. The van der Waals surface area contributed by atoms with Gasteiger partial charge in [-0.1, -0.05) is 12.1 Å². The number of rotatable bonds is 6. The lowest BCUT2D eigenvalue weighted by atomic mass is 10.1. The van der Waals surface area contributed by atoms with Crippen LogP contribution in [0.3, 0.4) is 0 Å². The first kappa shape index (κ1) is 21.8. The van der Waals surface area contributed by atoms with Gasteiger partial charge in [-0.25, -0.2) is 17.2 Å². The average molecular weight is 421 g/mol. The van der Waals surface area contributed by atoms with Crippen LogP contribution < -0.4 is 5.32 Å². The van der Waals surface area contributed by atoms with E-state index in [1.165, 1.54) is 6.92 Å². The Hall–Kier alpha value is -2.49. The van der Waals surface area contributed by atoms with E-state index in [0.717, 1.165) is 48.5 Å². The molecule has 0 radical (unpaired) electrons. The summed E-state index contributed by atoms with van der Waals surface area (Å²) in [5.74, 6) is -2.54. The molecule has 2 atom stereocenters. The summed E-state index contributed by atoms with van der Waals surface area (Å²) in [5, 5.41) is 0.398. The molecule has 10 heteroatoms. The molecule has 2 rings (SSSR count). The van der Waals surface area contributed by atoms with Crippen molar-refractivity contribution in [2.24, 2.45) is 0 Å². The largest absolute Gasteiger partial charge is 0.412 e. The Labute approximate surface area is 158 Å². The van der Waals surface area contributed by atoms with E-state index in [1.807, 2.05) is 0 Å². The molecule has 2 unspecified atom stereocenters. The second kappa shape index (κ2) is 8.26. The highest BCUT2D eigenvalue weighted by Gasteiger charge is 2.42. The van der Waals surface area contributed by atoms with Crippen molar-refractivity contribution in [3.63, 3.8) is 0 Å². The molecule has 0 aliphatic heterocycles. The number of halogens is 5. The predicted molar refractivity (Wildman–Crippen MR) is 91.0 cm³/mol. The van der Waals surface area contributed by atoms with Gasteiger partial charge in [-0.2, -0.15) is 13.2 Å². The minimum Gasteiger partial charge on any atom is -0.341 e. The number of amides is 1. The van der Waals surface area contributed by atoms with Crippen LogP contribution in [-0.2, 0) is 14.6 Å². The molecule has 1 N–H and O–H groups in total. The number of benzene rings is 2. The van der Waals surface area contributed by atoms with Crippen LogP contribution in [0.25, 0.3) is 0 Å². The van der Waals surface area contributed by atoms with Crippen molar-refractivity contribution in [1.29, 1.82) is 0 Å². The summed E-state index contributed by atoms with van der Waals surface area (Å²) in [7, 11) is -4.05. The van der Waals surface area contributed by atoms with Gasteiger partial charge in [-0.15, -0.1) is 0 Å². The summed E-state index contributed by atoms with van der Waals surface area (Å²) in [6, 6.07) is 4.86. The van der Waals surface area contributed by atoms with E-state index < -0.39 is 56.8 Å². The first-order valence-electron chi connectivity index (χ1n) is 8.02. The van der Waals surface area contributed by atoms with Crippen LogP contribution in [-0.4, -0.2) is 25.8 Å². The summed E-state index contributed by atoms with van der Waals surface area (Å²) in [6.45, 7) is 1.17. The average Bonchev–Trinajstić information content (AvgIpc) is 2.60. The molecule has 4 nitrogen and oxygen atoms in total. The van der Waals surface area contributed by atoms with Gasteiger partial charge >= 0.3 is 6.18 Å². The van der Waals surface area contributed by atoms with Crippen molar-refractivity contribution >= 4 is 15.7 Å². The highest BCUT2D eigenvalue weighted by Crippen LogP contribution is 2.33. The third kappa shape index (κ3) is 5.28. The van der Waals surface area contributed by atoms with E-state index in [1.54, 1.807) is 5.32 Å². The monoisotopic (exact) mass is 421 g/mol. The van der Waals surface area contributed by atoms with Crippen molar-refractivity contribution in [3.05, 3.63) is 65.7 Å². The molecule has 0 aliphatic carbocycles. The van der Waals surface area contributed by atoms with Gasteiger partial charge in [-0.3, -0.25) is 4.79 Å². The number of nitrogens with one attached hydrogen (secondary N) is 1. The Balaban J connectivity index is 2.15. The van der Waals surface area contributed by atoms with E-state index in [0.29, 0.717) is 0 Å². The summed E-state index contributed by atoms with van der Waals surface area (Å²) in [6.07, 6.45) is -5.61. The molecular formula is C18H16F5NO3S. The quantitative estimate of drug-likeness (QED) is 0.568. The van der Waals surface area contributed by atoms with Crippen molar-refractivity contribution in [1.82, 2.24) is 5.32 Å². The van der Waals surface area contributed by atoms with Crippen molar-refractivity contribution in [2.75, 3.05) is 0 Å². The number of hydrogen-bond acceptors (Lipinski definition) is 3. The molecule has 0 aliphatic rings. The van der Waals surface area contributed by atoms with Crippen molar-refractivity contribution < 1.29 is 35.2 Å². The molecule has 0 spiro atoms.